The molecule has 1 aromatic carbocycles. The van der Waals surface area contributed by atoms with Crippen LogP contribution in [-0.2, 0) is 4.79 Å². The molecule has 20 heavy (non-hydrogen) atoms. The summed E-state index contributed by atoms with van der Waals surface area (Å²) >= 11 is 4.24. The maximum absolute atomic E-state index is 12.7. The molecule has 0 bridgehead atoms. The minimum Gasteiger partial charge on any atom is -0.481 e. The maximum atomic E-state index is 12.7. The third kappa shape index (κ3) is 3.57. The molecule has 1 heterocycles. The molecule has 106 valence electrons. The lowest BCUT2D eigenvalue weighted by atomic mass is 10.3. The first-order valence-corrected chi connectivity index (χ1v) is 7.24. The smallest absolute Gasteiger partial charge is 0.313 e. The van der Waals surface area contributed by atoms with Gasteiger partial charge in [0.15, 0.2) is 0 Å². The quantitative estimate of drug-likeness (QED) is 0.823. The Morgan fingerprint density at radius 1 is 1.45 bits per heavy atom. The Morgan fingerprint density at radius 2 is 2.20 bits per heavy atom. The predicted octanol–water partition coefficient (Wildman–Crippen LogP) is 3.75. The molecule has 0 amide bonds. The first-order chi connectivity index (χ1) is 9.47. The highest BCUT2D eigenvalue weighted by Crippen LogP contribution is 2.28. The number of thioether (sulfide) groups is 1. The minimum absolute atomic E-state index is 0.220. The van der Waals surface area contributed by atoms with Gasteiger partial charge in [-0.1, -0.05) is 33.8 Å². The zero-order valence-electron chi connectivity index (χ0n) is 9.96. The monoisotopic (exact) mass is 362 g/mol. The van der Waals surface area contributed by atoms with Gasteiger partial charge >= 0.3 is 5.97 Å². The summed E-state index contributed by atoms with van der Waals surface area (Å²) in [6.45, 7) is 0. The molecule has 2 aromatic rings. The number of carboxylic acid groups (broad SMARTS) is 1. The molecule has 0 saturated carbocycles. The summed E-state index contributed by atoms with van der Waals surface area (Å²) in [6.07, 6.45) is -2.70. The molecule has 0 aliphatic carbocycles. The fourth-order valence-electron chi connectivity index (χ4n) is 1.52. The molecular formula is C12H9BrF2N2O2S. The number of halogens is 3. The van der Waals surface area contributed by atoms with E-state index in [1.165, 1.54) is 10.7 Å². The summed E-state index contributed by atoms with van der Waals surface area (Å²) in [5.74, 6) is -1.24. The van der Waals surface area contributed by atoms with Crippen LogP contribution in [0.15, 0.2) is 39.8 Å². The van der Waals surface area contributed by atoms with E-state index in [1.807, 2.05) is 0 Å². The van der Waals surface area contributed by atoms with Crippen LogP contribution in [0.4, 0.5) is 8.78 Å². The Bertz CT molecular complexity index is 634. The van der Waals surface area contributed by atoms with Crippen molar-refractivity contribution < 1.29 is 18.7 Å². The predicted molar refractivity (Wildman–Crippen MR) is 74.6 cm³/mol. The van der Waals surface area contributed by atoms with Crippen LogP contribution in [0.5, 0.6) is 0 Å². The number of carboxylic acids is 1. The van der Waals surface area contributed by atoms with Crippen molar-refractivity contribution in [3.8, 4) is 5.69 Å². The fourth-order valence-corrected chi connectivity index (χ4v) is 2.65. The molecule has 0 spiro atoms. The van der Waals surface area contributed by atoms with Crippen LogP contribution >= 0.6 is 27.7 Å². The molecule has 2 rings (SSSR count). The number of hydrogen-bond donors (Lipinski definition) is 1. The minimum atomic E-state index is -2.70. The molecule has 4 nitrogen and oxygen atoms in total. The Kier molecular flexibility index (Phi) is 4.77. The van der Waals surface area contributed by atoms with Crippen LogP contribution in [-0.4, -0.2) is 26.6 Å². The normalized spacial score (nSPS) is 11.0. The molecule has 0 aliphatic heterocycles. The summed E-state index contributed by atoms with van der Waals surface area (Å²) in [6, 6.07) is 8.17. The Labute approximate surface area is 125 Å². The van der Waals surface area contributed by atoms with Gasteiger partial charge in [0.05, 0.1) is 11.4 Å². The van der Waals surface area contributed by atoms with Gasteiger partial charge in [-0.05, 0) is 24.3 Å². The van der Waals surface area contributed by atoms with E-state index in [-0.39, 0.29) is 11.4 Å². The Balaban J connectivity index is 2.41. The molecular weight excluding hydrogens is 354 g/mol. The van der Waals surface area contributed by atoms with E-state index in [2.05, 4.69) is 21.0 Å². The van der Waals surface area contributed by atoms with Gasteiger partial charge in [0.1, 0.15) is 10.7 Å². The number of aliphatic carboxylic acids is 1. The van der Waals surface area contributed by atoms with Gasteiger partial charge in [0.25, 0.3) is 6.43 Å². The second-order valence-corrected chi connectivity index (χ2v) is 5.69. The lowest BCUT2D eigenvalue weighted by molar-refractivity contribution is -0.133. The largest absolute Gasteiger partial charge is 0.481 e. The molecule has 1 N–H and O–H groups in total. The highest BCUT2D eigenvalue weighted by molar-refractivity contribution is 9.10. The third-order valence-corrected chi connectivity index (χ3v) is 3.79. The van der Waals surface area contributed by atoms with Crippen molar-refractivity contribution >= 4 is 33.7 Å². The number of benzene rings is 1. The van der Waals surface area contributed by atoms with Crippen LogP contribution in [0, 0.1) is 0 Å². The van der Waals surface area contributed by atoms with E-state index >= 15 is 0 Å². The van der Waals surface area contributed by atoms with Crippen molar-refractivity contribution in [1.29, 1.82) is 0 Å². The lowest BCUT2D eigenvalue weighted by Gasteiger charge is -2.06. The standard InChI is InChI=1S/C12H9BrF2N2O2S/c13-7-2-1-3-8(4-7)17-10(20-6-11(18)19)5-9(16-17)12(14)15/h1-5,12H,6H2,(H,18,19). The van der Waals surface area contributed by atoms with Gasteiger partial charge in [-0.2, -0.15) is 5.10 Å². The Hall–Kier alpha value is -1.41. The second-order valence-electron chi connectivity index (χ2n) is 3.78. The van der Waals surface area contributed by atoms with Gasteiger partial charge in [0.2, 0.25) is 0 Å². The molecule has 1 aromatic heterocycles. The SMILES string of the molecule is O=C(O)CSc1cc(C(F)F)nn1-c1cccc(Br)c1. The average Bonchev–Trinajstić information content (AvgIpc) is 2.80. The van der Waals surface area contributed by atoms with Crippen LogP contribution in [0.25, 0.3) is 5.69 Å². The maximum Gasteiger partial charge on any atom is 0.313 e. The highest BCUT2D eigenvalue weighted by Gasteiger charge is 2.17. The molecule has 0 atom stereocenters. The first-order valence-electron chi connectivity index (χ1n) is 5.46. The average molecular weight is 363 g/mol. The lowest BCUT2D eigenvalue weighted by Crippen LogP contribution is -2.02. The van der Waals surface area contributed by atoms with Crippen molar-refractivity contribution in [2.24, 2.45) is 0 Å². The summed E-state index contributed by atoms with van der Waals surface area (Å²) in [7, 11) is 0. The van der Waals surface area contributed by atoms with Gasteiger partial charge in [-0.15, -0.1) is 0 Å². The van der Waals surface area contributed by atoms with Crippen molar-refractivity contribution in [2.75, 3.05) is 5.75 Å². The van der Waals surface area contributed by atoms with Crippen LogP contribution < -0.4 is 0 Å². The van der Waals surface area contributed by atoms with Gasteiger partial charge < -0.3 is 5.11 Å². The summed E-state index contributed by atoms with van der Waals surface area (Å²) in [5.41, 5.74) is 0.206. The molecule has 0 saturated heterocycles. The zero-order chi connectivity index (χ0) is 14.7. The third-order valence-electron chi connectivity index (χ3n) is 2.32. The van der Waals surface area contributed by atoms with Crippen LogP contribution in [0.2, 0.25) is 0 Å². The number of rotatable bonds is 5. The van der Waals surface area contributed by atoms with Gasteiger partial charge in [-0.25, -0.2) is 13.5 Å². The van der Waals surface area contributed by atoms with E-state index in [0.29, 0.717) is 10.7 Å². The van der Waals surface area contributed by atoms with E-state index in [0.717, 1.165) is 16.2 Å². The van der Waals surface area contributed by atoms with Gasteiger partial charge in [-0.3, -0.25) is 4.79 Å². The Morgan fingerprint density at radius 3 is 2.80 bits per heavy atom. The highest BCUT2D eigenvalue weighted by atomic mass is 79.9. The molecule has 0 aliphatic rings. The van der Waals surface area contributed by atoms with Crippen molar-refractivity contribution in [3.63, 3.8) is 0 Å². The van der Waals surface area contributed by atoms with E-state index in [4.69, 9.17) is 5.11 Å². The van der Waals surface area contributed by atoms with Crippen LogP contribution in [0.1, 0.15) is 12.1 Å². The van der Waals surface area contributed by atoms with Crippen molar-refractivity contribution in [3.05, 3.63) is 40.5 Å². The van der Waals surface area contributed by atoms with E-state index in [1.54, 1.807) is 24.3 Å². The fraction of sp³-hybridized carbons (Fsp3) is 0.167. The first kappa shape index (κ1) is 15.0. The zero-order valence-corrected chi connectivity index (χ0v) is 12.4. The van der Waals surface area contributed by atoms with Gasteiger partial charge in [0, 0.05) is 4.47 Å². The van der Waals surface area contributed by atoms with Crippen molar-refractivity contribution in [1.82, 2.24) is 9.78 Å². The summed E-state index contributed by atoms with van der Waals surface area (Å²) in [5, 5.41) is 12.9. The number of nitrogens with zero attached hydrogens (tertiary/aromatic N) is 2. The number of aromatic nitrogens is 2. The molecule has 0 unspecified atom stereocenters. The number of hydrogen-bond acceptors (Lipinski definition) is 3. The van der Waals surface area contributed by atoms with E-state index < -0.39 is 12.4 Å². The topological polar surface area (TPSA) is 55.1 Å². The molecule has 0 radical (unpaired) electrons. The summed E-state index contributed by atoms with van der Waals surface area (Å²) in [4.78, 5) is 10.6. The van der Waals surface area contributed by atoms with Crippen molar-refractivity contribution in [2.45, 2.75) is 11.5 Å². The number of carbonyl (C=O) groups is 1. The number of alkyl halides is 2. The van der Waals surface area contributed by atoms with Crippen LogP contribution in [0.3, 0.4) is 0 Å². The molecule has 0 fully saturated rings. The molecule has 8 heteroatoms. The van der Waals surface area contributed by atoms with E-state index in [9.17, 15) is 13.6 Å². The summed E-state index contributed by atoms with van der Waals surface area (Å²) < 4.78 is 27.6. The second kappa shape index (κ2) is 6.36.